The van der Waals surface area contributed by atoms with Crippen LogP contribution < -0.4 is 11.5 Å². The predicted molar refractivity (Wildman–Crippen MR) is 106 cm³/mol. The Morgan fingerprint density at radius 2 is 1.62 bits per heavy atom. The topological polar surface area (TPSA) is 98.5 Å². The molecule has 2 rings (SSSR count). The maximum absolute atomic E-state index is 12.8. The first kappa shape index (κ1) is 23.2. The van der Waals surface area contributed by atoms with Gasteiger partial charge in [0.1, 0.15) is 4.90 Å². The third-order valence-corrected chi connectivity index (χ3v) is 6.87. The molecule has 0 spiro atoms. The molecule has 0 aliphatic heterocycles. The van der Waals surface area contributed by atoms with E-state index in [1.54, 1.807) is 6.92 Å². The molecule has 0 bridgehead atoms. The van der Waals surface area contributed by atoms with E-state index in [0.717, 1.165) is 23.9 Å². The van der Waals surface area contributed by atoms with Crippen LogP contribution in [0.4, 0.5) is 19.4 Å². The summed E-state index contributed by atoms with van der Waals surface area (Å²) in [5, 5.41) is 0. The SMILES string of the molecule is Cc1cc(Sc2ccc(S(F)(F)(F)(F)F)cc2)c(S(C)=O)cc1C(=O)N=C(N)N. The summed E-state index contributed by atoms with van der Waals surface area (Å²) >= 11 is 0.920. The summed E-state index contributed by atoms with van der Waals surface area (Å²) in [5.41, 5.74) is 10.9. The maximum Gasteiger partial charge on any atom is 0.310 e. The Labute approximate surface area is 169 Å². The minimum atomic E-state index is -9.76. The number of aryl methyl sites for hydroxylation is 1. The Morgan fingerprint density at radius 1 is 1.07 bits per heavy atom. The number of carbonyl (C=O) groups is 1. The van der Waals surface area contributed by atoms with Crippen molar-refractivity contribution < 1.29 is 28.4 Å². The van der Waals surface area contributed by atoms with Crippen LogP contribution in [-0.4, -0.2) is 22.3 Å². The third kappa shape index (κ3) is 5.93. The lowest BCUT2D eigenvalue weighted by Crippen LogP contribution is -2.24. The lowest BCUT2D eigenvalue weighted by molar-refractivity contribution is 0.100. The average molecular weight is 474 g/mol. The highest BCUT2D eigenvalue weighted by Gasteiger charge is 2.65. The van der Waals surface area contributed by atoms with Crippen LogP contribution in [-0.2, 0) is 10.8 Å². The summed E-state index contributed by atoms with van der Waals surface area (Å²) in [7, 11) is -11.3. The molecule has 0 aliphatic rings. The molecular formula is C16H16F5N3O2S3. The zero-order valence-corrected chi connectivity index (χ0v) is 17.4. The van der Waals surface area contributed by atoms with Crippen LogP contribution >= 0.6 is 22.0 Å². The normalized spacial score (nSPS) is 15.1. The van der Waals surface area contributed by atoms with Crippen molar-refractivity contribution in [2.45, 2.75) is 26.5 Å². The first-order valence-corrected chi connectivity index (χ1v) is 11.9. The molecule has 5 nitrogen and oxygen atoms in total. The number of halogens is 5. The van der Waals surface area contributed by atoms with Gasteiger partial charge in [-0.05, 0) is 48.9 Å². The number of carbonyl (C=O) groups excluding carboxylic acids is 1. The molecule has 0 saturated heterocycles. The summed E-state index contributed by atoms with van der Waals surface area (Å²) in [6.45, 7) is 1.57. The molecule has 160 valence electrons. The Kier molecular flexibility index (Phi) is 5.58. The molecule has 0 radical (unpaired) electrons. The van der Waals surface area contributed by atoms with Gasteiger partial charge in [0.2, 0.25) is 0 Å². The van der Waals surface area contributed by atoms with E-state index in [4.69, 9.17) is 11.5 Å². The number of hydrogen-bond donors (Lipinski definition) is 2. The molecule has 1 atom stereocenters. The minimum Gasteiger partial charge on any atom is -0.370 e. The van der Waals surface area contributed by atoms with E-state index in [2.05, 4.69) is 4.99 Å². The molecular weight excluding hydrogens is 457 g/mol. The van der Waals surface area contributed by atoms with Gasteiger partial charge in [0.25, 0.3) is 5.91 Å². The Bertz CT molecular complexity index is 1040. The quantitative estimate of drug-likeness (QED) is 0.364. The van der Waals surface area contributed by atoms with E-state index in [1.807, 2.05) is 0 Å². The Morgan fingerprint density at radius 3 is 2.07 bits per heavy atom. The number of nitrogens with zero attached hydrogens (tertiary/aromatic N) is 1. The first-order chi connectivity index (χ1) is 13.0. The van der Waals surface area contributed by atoms with Gasteiger partial charge >= 0.3 is 10.2 Å². The fourth-order valence-electron chi connectivity index (χ4n) is 2.27. The smallest absolute Gasteiger partial charge is 0.310 e. The van der Waals surface area contributed by atoms with Crippen molar-refractivity contribution in [3.8, 4) is 0 Å². The van der Waals surface area contributed by atoms with Crippen LogP contribution in [0.1, 0.15) is 15.9 Å². The Balaban J connectivity index is 2.46. The van der Waals surface area contributed by atoms with Crippen molar-refractivity contribution >= 4 is 44.7 Å². The molecule has 13 heteroatoms. The van der Waals surface area contributed by atoms with Gasteiger partial charge in [0.05, 0.1) is 15.7 Å². The average Bonchev–Trinajstić information content (AvgIpc) is 2.52. The third-order valence-electron chi connectivity index (χ3n) is 3.56. The van der Waals surface area contributed by atoms with Crippen LogP contribution in [0, 0.1) is 6.92 Å². The lowest BCUT2D eigenvalue weighted by Gasteiger charge is -2.40. The molecule has 0 aromatic heterocycles. The van der Waals surface area contributed by atoms with Crippen molar-refractivity contribution in [2.75, 3.05) is 6.26 Å². The molecule has 1 amide bonds. The molecule has 2 aromatic rings. The van der Waals surface area contributed by atoms with E-state index in [1.165, 1.54) is 18.4 Å². The molecule has 29 heavy (non-hydrogen) atoms. The standard InChI is InChI=1S/C16H16F5N3O2S3/c1-9-7-13(14(28(2)26)8-12(9)15(25)24-16(22)23)27-10-3-5-11(6-4-10)29(17,18,19,20)21/h3-8H,1-2H3,(H4,22,23,24,25). The summed E-state index contributed by atoms with van der Waals surface area (Å²) in [5.74, 6) is -1.19. The zero-order chi connectivity index (χ0) is 22.3. The van der Waals surface area contributed by atoms with Crippen molar-refractivity contribution in [3.05, 3.63) is 47.5 Å². The van der Waals surface area contributed by atoms with E-state index in [-0.39, 0.29) is 15.4 Å². The van der Waals surface area contributed by atoms with Crippen molar-refractivity contribution in [3.63, 3.8) is 0 Å². The van der Waals surface area contributed by atoms with Crippen LogP contribution in [0.2, 0.25) is 0 Å². The molecule has 1 unspecified atom stereocenters. The summed E-state index contributed by atoms with van der Waals surface area (Å²) in [6, 6.07) is 5.22. The second kappa shape index (κ2) is 6.99. The summed E-state index contributed by atoms with van der Waals surface area (Å²) < 4.78 is 76.3. The van der Waals surface area contributed by atoms with Gasteiger partial charge in [-0.1, -0.05) is 31.2 Å². The van der Waals surface area contributed by atoms with Gasteiger partial charge in [0.15, 0.2) is 5.96 Å². The number of rotatable bonds is 5. The number of benzene rings is 2. The highest BCUT2D eigenvalue weighted by atomic mass is 32.5. The minimum absolute atomic E-state index is 0.101. The molecule has 0 saturated carbocycles. The van der Waals surface area contributed by atoms with E-state index in [9.17, 15) is 28.4 Å². The fraction of sp³-hybridized carbons (Fsp3) is 0.125. The summed E-state index contributed by atoms with van der Waals surface area (Å²) in [6.07, 6.45) is 1.35. The second-order valence-corrected chi connectivity index (χ2v) is 10.8. The van der Waals surface area contributed by atoms with E-state index < -0.39 is 37.8 Å². The Hall–Kier alpha value is -2.12. The van der Waals surface area contributed by atoms with Gasteiger partial charge in [-0.25, -0.2) is 0 Å². The van der Waals surface area contributed by atoms with Crippen LogP contribution in [0.15, 0.2) is 61.0 Å². The maximum atomic E-state index is 12.8. The van der Waals surface area contributed by atoms with E-state index >= 15 is 0 Å². The van der Waals surface area contributed by atoms with Crippen LogP contribution in [0.3, 0.4) is 0 Å². The van der Waals surface area contributed by atoms with Gasteiger partial charge < -0.3 is 11.5 Å². The van der Waals surface area contributed by atoms with Crippen LogP contribution in [0.5, 0.6) is 0 Å². The number of amides is 1. The van der Waals surface area contributed by atoms with Gasteiger partial charge in [-0.15, -0.1) is 0 Å². The van der Waals surface area contributed by atoms with Gasteiger partial charge in [-0.2, -0.15) is 4.99 Å². The highest BCUT2D eigenvalue weighted by molar-refractivity contribution is 8.45. The largest absolute Gasteiger partial charge is 0.370 e. The van der Waals surface area contributed by atoms with Gasteiger partial charge in [-0.3, -0.25) is 9.00 Å². The summed E-state index contributed by atoms with van der Waals surface area (Å²) in [4.78, 5) is 14.3. The molecule has 4 N–H and O–H groups in total. The zero-order valence-electron chi connectivity index (χ0n) is 15.0. The number of guanidine groups is 1. The van der Waals surface area contributed by atoms with Gasteiger partial charge in [0, 0.05) is 21.6 Å². The molecule has 0 aliphatic carbocycles. The molecule has 0 heterocycles. The van der Waals surface area contributed by atoms with Crippen molar-refractivity contribution in [1.29, 1.82) is 0 Å². The monoisotopic (exact) mass is 473 g/mol. The second-order valence-electron chi connectivity index (χ2n) is 5.95. The number of nitrogens with two attached hydrogens (primary N) is 2. The van der Waals surface area contributed by atoms with Crippen molar-refractivity contribution in [2.24, 2.45) is 16.5 Å². The highest BCUT2D eigenvalue weighted by Crippen LogP contribution is 3.02. The lowest BCUT2D eigenvalue weighted by atomic mass is 10.1. The predicted octanol–water partition coefficient (Wildman–Crippen LogP) is 4.95. The van der Waals surface area contributed by atoms with E-state index in [0.29, 0.717) is 22.6 Å². The first-order valence-electron chi connectivity index (χ1n) is 7.62. The number of hydrogen-bond acceptors (Lipinski definition) is 3. The van der Waals surface area contributed by atoms with Crippen molar-refractivity contribution in [1.82, 2.24) is 0 Å². The van der Waals surface area contributed by atoms with Crippen LogP contribution in [0.25, 0.3) is 0 Å². The molecule has 0 fully saturated rings. The number of aliphatic imine (C=N–C) groups is 1. The molecule has 2 aromatic carbocycles. The fourth-order valence-corrected chi connectivity index (χ4v) is 4.94.